The van der Waals surface area contributed by atoms with Gasteiger partial charge < -0.3 is 26.4 Å². The molecule has 0 saturated carbocycles. The Kier molecular flexibility index (Phi) is 9.07. The number of aromatic hydroxyl groups is 1. The Morgan fingerprint density at radius 1 is 0.966 bits per heavy atom. The number of hydrogen-bond donors (Lipinski definition) is 5. The standard InChI is InChI=1S/C17H20N2O2.C4H4O4/c1-17(19-16(21)12-18,11-13-5-3-2-4-6-13)14-7-9-15(20)10-8-14;5-3(6)1-2-4(7)8/h2-10,20H,11-12,18H2,1H3,(H,19,21);1-2H,(H,5,6)(H,7,8)/b;2-1-. The predicted octanol–water partition coefficient (Wildman–Crippen LogP) is 1.64. The van der Waals surface area contributed by atoms with Gasteiger partial charge in [-0.3, -0.25) is 4.79 Å². The lowest BCUT2D eigenvalue weighted by Crippen LogP contribution is -2.47. The Hall–Kier alpha value is -3.65. The van der Waals surface area contributed by atoms with Crippen LogP contribution >= 0.6 is 0 Å². The quantitative estimate of drug-likeness (QED) is 0.443. The van der Waals surface area contributed by atoms with Gasteiger partial charge in [0, 0.05) is 12.2 Å². The first-order valence-corrected chi connectivity index (χ1v) is 8.64. The van der Waals surface area contributed by atoms with Crippen LogP contribution in [-0.4, -0.2) is 39.7 Å². The maximum atomic E-state index is 11.8. The summed E-state index contributed by atoms with van der Waals surface area (Å²) < 4.78 is 0. The van der Waals surface area contributed by atoms with Gasteiger partial charge in [-0.05, 0) is 36.6 Å². The number of nitrogens with two attached hydrogens (primary N) is 1. The topological polar surface area (TPSA) is 150 Å². The molecule has 0 aliphatic carbocycles. The summed E-state index contributed by atoms with van der Waals surface area (Å²) in [6.07, 6.45) is 1.76. The van der Waals surface area contributed by atoms with Crippen LogP contribution in [0.4, 0.5) is 0 Å². The third-order valence-electron chi connectivity index (χ3n) is 3.87. The molecular formula is C21H24N2O6. The molecule has 8 nitrogen and oxygen atoms in total. The number of carboxylic acids is 2. The molecule has 0 spiro atoms. The number of phenolic OH excluding ortho intramolecular Hbond substituents is 1. The van der Waals surface area contributed by atoms with Crippen molar-refractivity contribution in [1.29, 1.82) is 0 Å². The summed E-state index contributed by atoms with van der Waals surface area (Å²) in [5.74, 6) is -2.52. The highest BCUT2D eigenvalue weighted by molar-refractivity contribution is 5.89. The molecule has 0 heterocycles. The normalized spacial score (nSPS) is 12.3. The zero-order valence-corrected chi connectivity index (χ0v) is 15.9. The fourth-order valence-corrected chi connectivity index (χ4v) is 2.55. The van der Waals surface area contributed by atoms with Crippen LogP contribution in [0.1, 0.15) is 18.1 Å². The number of carbonyl (C=O) groups is 3. The van der Waals surface area contributed by atoms with Crippen LogP contribution in [0.3, 0.4) is 0 Å². The number of aliphatic carboxylic acids is 2. The van der Waals surface area contributed by atoms with Crippen LogP contribution in [-0.2, 0) is 26.3 Å². The van der Waals surface area contributed by atoms with Crippen LogP contribution in [0.25, 0.3) is 0 Å². The molecule has 2 rings (SSSR count). The Bertz CT molecular complexity index is 833. The fourth-order valence-electron chi connectivity index (χ4n) is 2.55. The lowest BCUT2D eigenvalue weighted by molar-refractivity contribution is -0.134. The summed E-state index contributed by atoms with van der Waals surface area (Å²) >= 11 is 0. The van der Waals surface area contributed by atoms with Crippen molar-refractivity contribution < 1.29 is 29.7 Å². The number of carbonyl (C=O) groups excluding carboxylic acids is 1. The van der Waals surface area contributed by atoms with Crippen molar-refractivity contribution in [3.8, 4) is 5.75 Å². The molecule has 0 radical (unpaired) electrons. The SMILES string of the molecule is CC(Cc1ccccc1)(NC(=O)CN)c1ccc(O)cc1.O=C(O)/C=C\C(=O)O. The van der Waals surface area contributed by atoms with Crippen molar-refractivity contribution in [3.05, 3.63) is 77.9 Å². The van der Waals surface area contributed by atoms with E-state index in [1.54, 1.807) is 12.1 Å². The van der Waals surface area contributed by atoms with E-state index in [-0.39, 0.29) is 18.2 Å². The smallest absolute Gasteiger partial charge is 0.328 e. The van der Waals surface area contributed by atoms with Gasteiger partial charge >= 0.3 is 11.9 Å². The first kappa shape index (κ1) is 23.4. The molecule has 0 saturated heterocycles. The lowest BCUT2D eigenvalue weighted by atomic mass is 9.85. The minimum Gasteiger partial charge on any atom is -0.508 e. The molecule has 8 heteroatoms. The number of rotatable bonds is 7. The monoisotopic (exact) mass is 400 g/mol. The number of phenols is 1. The third-order valence-corrected chi connectivity index (χ3v) is 3.87. The maximum absolute atomic E-state index is 11.8. The molecule has 154 valence electrons. The van der Waals surface area contributed by atoms with Gasteiger partial charge in [0.05, 0.1) is 12.1 Å². The summed E-state index contributed by atoms with van der Waals surface area (Å²) in [6.45, 7) is 1.91. The van der Waals surface area contributed by atoms with E-state index in [2.05, 4.69) is 5.32 Å². The van der Waals surface area contributed by atoms with E-state index in [1.165, 1.54) is 0 Å². The summed E-state index contributed by atoms with van der Waals surface area (Å²) in [5, 5.41) is 28.0. The van der Waals surface area contributed by atoms with Crippen molar-refractivity contribution in [2.45, 2.75) is 18.9 Å². The first-order valence-electron chi connectivity index (χ1n) is 8.64. The highest BCUT2D eigenvalue weighted by Gasteiger charge is 2.28. The van der Waals surface area contributed by atoms with Gasteiger partial charge in [0.2, 0.25) is 5.91 Å². The van der Waals surface area contributed by atoms with Gasteiger partial charge in [-0.15, -0.1) is 0 Å². The van der Waals surface area contributed by atoms with E-state index in [4.69, 9.17) is 15.9 Å². The summed E-state index contributed by atoms with van der Waals surface area (Å²) in [5.41, 5.74) is 6.88. The molecule has 0 bridgehead atoms. The van der Waals surface area contributed by atoms with Crippen LogP contribution in [0.15, 0.2) is 66.7 Å². The minimum atomic E-state index is -1.26. The second-order valence-corrected chi connectivity index (χ2v) is 6.30. The summed E-state index contributed by atoms with van der Waals surface area (Å²) in [4.78, 5) is 30.9. The fraction of sp³-hybridized carbons (Fsp3) is 0.190. The highest BCUT2D eigenvalue weighted by Crippen LogP contribution is 2.27. The molecular weight excluding hydrogens is 376 g/mol. The van der Waals surface area contributed by atoms with E-state index in [0.717, 1.165) is 11.1 Å². The largest absolute Gasteiger partial charge is 0.508 e. The molecule has 2 aromatic rings. The molecule has 1 amide bonds. The van der Waals surface area contributed by atoms with E-state index in [1.807, 2.05) is 49.4 Å². The van der Waals surface area contributed by atoms with Gasteiger partial charge in [0.15, 0.2) is 0 Å². The first-order chi connectivity index (χ1) is 13.7. The van der Waals surface area contributed by atoms with Gasteiger partial charge in [-0.2, -0.15) is 0 Å². The molecule has 29 heavy (non-hydrogen) atoms. The second-order valence-electron chi connectivity index (χ2n) is 6.30. The average molecular weight is 400 g/mol. The number of nitrogens with one attached hydrogen (secondary N) is 1. The van der Waals surface area contributed by atoms with Crippen LogP contribution in [0.5, 0.6) is 5.75 Å². The Morgan fingerprint density at radius 2 is 1.48 bits per heavy atom. The number of hydrogen-bond acceptors (Lipinski definition) is 5. The second kappa shape index (κ2) is 11.3. The molecule has 0 aromatic heterocycles. The molecule has 6 N–H and O–H groups in total. The third kappa shape index (κ3) is 8.72. The van der Waals surface area contributed by atoms with Gasteiger partial charge in [0.1, 0.15) is 5.75 Å². The van der Waals surface area contributed by atoms with Crippen LogP contribution in [0.2, 0.25) is 0 Å². The van der Waals surface area contributed by atoms with Gasteiger partial charge in [-0.1, -0.05) is 42.5 Å². The lowest BCUT2D eigenvalue weighted by Gasteiger charge is -2.32. The molecule has 0 aliphatic heterocycles. The predicted molar refractivity (Wildman–Crippen MR) is 107 cm³/mol. The van der Waals surface area contributed by atoms with E-state index in [9.17, 15) is 19.5 Å². The van der Waals surface area contributed by atoms with Crippen LogP contribution < -0.4 is 11.1 Å². The number of amides is 1. The summed E-state index contributed by atoms with van der Waals surface area (Å²) in [6, 6.07) is 16.8. The van der Waals surface area contributed by atoms with Crippen molar-refractivity contribution >= 4 is 17.8 Å². The van der Waals surface area contributed by atoms with Gasteiger partial charge in [0.25, 0.3) is 0 Å². The zero-order valence-electron chi connectivity index (χ0n) is 15.9. The Morgan fingerprint density at radius 3 is 1.93 bits per heavy atom. The van der Waals surface area contributed by atoms with Crippen molar-refractivity contribution in [2.24, 2.45) is 5.73 Å². The zero-order chi connectivity index (χ0) is 21.9. The van der Waals surface area contributed by atoms with Crippen molar-refractivity contribution in [2.75, 3.05) is 6.54 Å². The Labute approximate surface area is 168 Å². The molecule has 1 atom stereocenters. The average Bonchev–Trinajstić information content (AvgIpc) is 2.68. The molecule has 0 aliphatic rings. The molecule has 1 unspecified atom stereocenters. The summed E-state index contributed by atoms with van der Waals surface area (Å²) in [7, 11) is 0. The van der Waals surface area contributed by atoms with Crippen molar-refractivity contribution in [1.82, 2.24) is 5.32 Å². The maximum Gasteiger partial charge on any atom is 0.328 e. The van der Waals surface area contributed by atoms with E-state index in [0.29, 0.717) is 18.6 Å². The Balaban J connectivity index is 0.000000447. The molecule has 2 aromatic carbocycles. The van der Waals surface area contributed by atoms with Gasteiger partial charge in [-0.25, -0.2) is 9.59 Å². The number of carboxylic acid groups (broad SMARTS) is 2. The number of benzene rings is 2. The highest BCUT2D eigenvalue weighted by atomic mass is 16.4. The minimum absolute atomic E-state index is 0.0531. The van der Waals surface area contributed by atoms with E-state index >= 15 is 0 Å². The van der Waals surface area contributed by atoms with Crippen LogP contribution in [0, 0.1) is 0 Å². The van der Waals surface area contributed by atoms with E-state index < -0.39 is 17.5 Å². The van der Waals surface area contributed by atoms with Crippen molar-refractivity contribution in [3.63, 3.8) is 0 Å². The molecule has 0 fully saturated rings.